The van der Waals surface area contributed by atoms with Gasteiger partial charge in [0, 0.05) is 30.7 Å². The zero-order chi connectivity index (χ0) is 20.6. The van der Waals surface area contributed by atoms with E-state index in [-0.39, 0.29) is 11.8 Å². The maximum Gasteiger partial charge on any atom is 0.253 e. The second-order valence-electron chi connectivity index (χ2n) is 7.27. The topological polar surface area (TPSA) is 74.3 Å². The molecule has 0 bridgehead atoms. The summed E-state index contributed by atoms with van der Waals surface area (Å²) >= 11 is 5.78. The largest absolute Gasteiger partial charge is 0.371 e. The number of aromatic nitrogens is 1. The van der Waals surface area contributed by atoms with Crippen molar-refractivity contribution < 1.29 is 9.59 Å². The Hall–Kier alpha value is -2.60. The van der Waals surface area contributed by atoms with Crippen LogP contribution in [0.15, 0.2) is 42.6 Å². The minimum absolute atomic E-state index is 0.215. The molecule has 1 aliphatic heterocycles. The van der Waals surface area contributed by atoms with Crippen LogP contribution in [-0.4, -0.2) is 35.9 Å². The molecular weight excluding hydrogens is 388 g/mol. The molecule has 1 aromatic carbocycles. The summed E-state index contributed by atoms with van der Waals surface area (Å²) in [7, 11) is 0. The summed E-state index contributed by atoms with van der Waals surface area (Å²) in [5.41, 5.74) is 2.23. The number of pyridine rings is 1. The van der Waals surface area contributed by atoms with Crippen LogP contribution in [0, 0.1) is 0 Å². The molecule has 0 radical (unpaired) electrons. The predicted molar refractivity (Wildman–Crippen MR) is 117 cm³/mol. The van der Waals surface area contributed by atoms with Gasteiger partial charge in [-0.05, 0) is 49.6 Å². The van der Waals surface area contributed by atoms with Crippen molar-refractivity contribution in [2.24, 2.45) is 0 Å². The molecule has 1 unspecified atom stereocenters. The van der Waals surface area contributed by atoms with Crippen molar-refractivity contribution in [3.05, 3.63) is 53.3 Å². The zero-order valence-corrected chi connectivity index (χ0v) is 17.4. The molecule has 3 rings (SSSR count). The lowest BCUT2D eigenvalue weighted by atomic mass is 10.1. The van der Waals surface area contributed by atoms with E-state index >= 15 is 0 Å². The Balaban J connectivity index is 1.67. The highest BCUT2D eigenvalue weighted by Crippen LogP contribution is 2.23. The van der Waals surface area contributed by atoms with Gasteiger partial charge >= 0.3 is 0 Å². The number of unbranched alkanes of at least 4 members (excludes halogenated alkanes) is 1. The third-order valence-electron chi connectivity index (χ3n) is 5.04. The highest BCUT2D eigenvalue weighted by molar-refractivity contribution is 6.29. The Morgan fingerprint density at radius 2 is 2.00 bits per heavy atom. The van der Waals surface area contributed by atoms with Crippen LogP contribution in [0.3, 0.4) is 0 Å². The van der Waals surface area contributed by atoms with Crippen LogP contribution < -0.4 is 15.5 Å². The standard InChI is InChI=1S/C22H27ClN4O2/c1-2-3-9-19(26-21(28)16-10-11-20(23)24-15-16)22(29)25-17-7-6-8-18(14-17)27-12-4-5-13-27/h6-8,10-11,14-15,19H,2-5,9,12-13H2,1H3,(H,25,29)(H,26,28). The van der Waals surface area contributed by atoms with Gasteiger partial charge in [0.2, 0.25) is 5.91 Å². The lowest BCUT2D eigenvalue weighted by Gasteiger charge is -2.20. The fourth-order valence-electron chi connectivity index (χ4n) is 3.41. The Bertz CT molecular complexity index is 835. The van der Waals surface area contributed by atoms with Crippen molar-refractivity contribution in [2.45, 2.75) is 45.1 Å². The van der Waals surface area contributed by atoms with Gasteiger partial charge in [0.15, 0.2) is 0 Å². The van der Waals surface area contributed by atoms with E-state index in [0.717, 1.165) is 37.3 Å². The maximum atomic E-state index is 12.9. The molecule has 6 nitrogen and oxygen atoms in total. The molecule has 7 heteroatoms. The lowest BCUT2D eigenvalue weighted by Crippen LogP contribution is -2.43. The average Bonchev–Trinajstić information content (AvgIpc) is 3.26. The summed E-state index contributed by atoms with van der Waals surface area (Å²) in [5.74, 6) is -0.552. The first-order chi connectivity index (χ1) is 14.1. The molecule has 1 aliphatic rings. The molecule has 0 aliphatic carbocycles. The first kappa shape index (κ1) is 21.1. The van der Waals surface area contributed by atoms with E-state index in [4.69, 9.17) is 11.6 Å². The van der Waals surface area contributed by atoms with E-state index in [1.54, 1.807) is 12.1 Å². The van der Waals surface area contributed by atoms with Crippen molar-refractivity contribution in [2.75, 3.05) is 23.3 Å². The summed E-state index contributed by atoms with van der Waals surface area (Å²) in [4.78, 5) is 31.7. The summed E-state index contributed by atoms with van der Waals surface area (Å²) < 4.78 is 0. The molecule has 154 valence electrons. The molecule has 1 atom stereocenters. The van der Waals surface area contributed by atoms with Gasteiger partial charge in [0.1, 0.15) is 11.2 Å². The second-order valence-corrected chi connectivity index (χ2v) is 7.66. The minimum Gasteiger partial charge on any atom is -0.371 e. The Morgan fingerprint density at radius 1 is 1.21 bits per heavy atom. The molecule has 0 saturated carbocycles. The van der Waals surface area contributed by atoms with Gasteiger partial charge in [-0.25, -0.2) is 4.98 Å². The molecule has 29 heavy (non-hydrogen) atoms. The normalized spacial score (nSPS) is 14.5. The summed E-state index contributed by atoms with van der Waals surface area (Å²) in [6.45, 7) is 4.14. The summed E-state index contributed by atoms with van der Waals surface area (Å²) in [6.07, 6.45) is 6.15. The van der Waals surface area contributed by atoms with Gasteiger partial charge in [-0.1, -0.05) is 37.4 Å². The number of carbonyl (C=O) groups is 2. The molecule has 1 fully saturated rings. The molecule has 1 saturated heterocycles. The monoisotopic (exact) mass is 414 g/mol. The van der Waals surface area contributed by atoms with Gasteiger partial charge < -0.3 is 15.5 Å². The van der Waals surface area contributed by atoms with Gasteiger partial charge in [-0.2, -0.15) is 0 Å². The lowest BCUT2D eigenvalue weighted by molar-refractivity contribution is -0.118. The summed E-state index contributed by atoms with van der Waals surface area (Å²) in [6, 6.07) is 10.4. The van der Waals surface area contributed by atoms with Crippen LogP contribution in [0.2, 0.25) is 5.15 Å². The molecule has 2 N–H and O–H groups in total. The predicted octanol–water partition coefficient (Wildman–Crippen LogP) is 4.26. The highest BCUT2D eigenvalue weighted by Gasteiger charge is 2.22. The minimum atomic E-state index is -0.617. The molecule has 2 amide bonds. The van der Waals surface area contributed by atoms with Crippen LogP contribution in [0.4, 0.5) is 11.4 Å². The van der Waals surface area contributed by atoms with Crippen molar-refractivity contribution >= 4 is 34.8 Å². The number of amides is 2. The van der Waals surface area contributed by atoms with E-state index in [2.05, 4.69) is 33.5 Å². The first-order valence-corrected chi connectivity index (χ1v) is 10.5. The van der Waals surface area contributed by atoms with Gasteiger partial charge in [0.25, 0.3) is 5.91 Å². The van der Waals surface area contributed by atoms with Crippen molar-refractivity contribution in [3.8, 4) is 0 Å². The number of nitrogens with one attached hydrogen (secondary N) is 2. The highest BCUT2D eigenvalue weighted by atomic mass is 35.5. The SMILES string of the molecule is CCCCC(NC(=O)c1ccc(Cl)nc1)C(=O)Nc1cccc(N2CCCC2)c1. The van der Waals surface area contributed by atoms with Crippen molar-refractivity contribution in [1.29, 1.82) is 0 Å². The zero-order valence-electron chi connectivity index (χ0n) is 16.7. The smallest absolute Gasteiger partial charge is 0.253 e. The number of anilines is 2. The number of rotatable bonds is 8. The number of nitrogens with zero attached hydrogens (tertiary/aromatic N) is 2. The summed E-state index contributed by atoms with van der Waals surface area (Å²) in [5, 5.41) is 6.12. The van der Waals surface area contributed by atoms with Crippen LogP contribution in [0.5, 0.6) is 0 Å². The van der Waals surface area contributed by atoms with Gasteiger partial charge in [-0.3, -0.25) is 9.59 Å². The molecular formula is C22H27ClN4O2. The number of hydrogen-bond donors (Lipinski definition) is 2. The molecule has 2 heterocycles. The van der Waals surface area contributed by atoms with E-state index < -0.39 is 6.04 Å². The second kappa shape index (κ2) is 10.3. The third-order valence-corrected chi connectivity index (χ3v) is 5.27. The quantitative estimate of drug-likeness (QED) is 0.633. The van der Waals surface area contributed by atoms with Crippen LogP contribution in [0.25, 0.3) is 0 Å². The molecule has 2 aromatic rings. The van der Waals surface area contributed by atoms with E-state index in [9.17, 15) is 9.59 Å². The Morgan fingerprint density at radius 3 is 2.69 bits per heavy atom. The Labute approximate surface area is 176 Å². The number of benzene rings is 1. The van der Waals surface area contributed by atoms with Crippen LogP contribution in [-0.2, 0) is 4.79 Å². The first-order valence-electron chi connectivity index (χ1n) is 10.1. The third kappa shape index (κ3) is 5.94. The molecule has 1 aromatic heterocycles. The van der Waals surface area contributed by atoms with Gasteiger partial charge in [-0.15, -0.1) is 0 Å². The maximum absolute atomic E-state index is 12.9. The van der Waals surface area contributed by atoms with E-state index in [0.29, 0.717) is 17.1 Å². The van der Waals surface area contributed by atoms with Gasteiger partial charge in [0.05, 0.1) is 5.56 Å². The number of carbonyl (C=O) groups excluding carboxylic acids is 2. The average molecular weight is 415 g/mol. The fourth-order valence-corrected chi connectivity index (χ4v) is 3.53. The number of halogens is 1. The Kier molecular flexibility index (Phi) is 7.47. The van der Waals surface area contributed by atoms with Crippen molar-refractivity contribution in [3.63, 3.8) is 0 Å². The van der Waals surface area contributed by atoms with Crippen molar-refractivity contribution in [1.82, 2.24) is 10.3 Å². The van der Waals surface area contributed by atoms with Crippen LogP contribution in [0.1, 0.15) is 49.4 Å². The van der Waals surface area contributed by atoms with E-state index in [1.807, 2.05) is 18.2 Å². The fraction of sp³-hybridized carbons (Fsp3) is 0.409. The number of hydrogen-bond acceptors (Lipinski definition) is 4. The van der Waals surface area contributed by atoms with E-state index in [1.165, 1.54) is 19.0 Å². The molecule has 0 spiro atoms. The van der Waals surface area contributed by atoms with Crippen LogP contribution >= 0.6 is 11.6 Å².